The largest absolute Gasteiger partial charge is 0.618 e. The summed E-state index contributed by atoms with van der Waals surface area (Å²) >= 11 is 5.78. The number of nitrogens with zero attached hydrogens (tertiary/aromatic N) is 1. The van der Waals surface area contributed by atoms with E-state index in [-0.39, 0.29) is 21.1 Å². The summed E-state index contributed by atoms with van der Waals surface area (Å²) in [4.78, 5) is 24.0. The van der Waals surface area contributed by atoms with E-state index in [2.05, 4.69) is 5.32 Å². The van der Waals surface area contributed by atoms with Crippen molar-refractivity contribution in [3.8, 4) is 0 Å². The average Bonchev–Trinajstić information content (AvgIpc) is 2.55. The van der Waals surface area contributed by atoms with Gasteiger partial charge in [-0.05, 0) is 31.2 Å². The van der Waals surface area contributed by atoms with Crippen LogP contribution in [0.1, 0.15) is 23.0 Å². The van der Waals surface area contributed by atoms with E-state index in [1.165, 1.54) is 25.1 Å². The van der Waals surface area contributed by atoms with Crippen LogP contribution in [-0.2, 0) is 15.7 Å². The molecule has 0 saturated carbocycles. The number of aromatic nitrogens is 1. The average molecular weight is 389 g/mol. The second-order valence-corrected chi connectivity index (χ2v) is 5.55. The summed E-state index contributed by atoms with van der Waals surface area (Å²) in [5.41, 5.74) is -1.63. The number of carbonyl (C=O) groups excluding carboxylic acids is 2. The molecule has 138 valence electrons. The molecule has 0 saturated heterocycles. The van der Waals surface area contributed by atoms with Gasteiger partial charge in [-0.3, -0.25) is 4.79 Å². The smallest absolute Gasteiger partial charge is 0.416 e. The third-order valence-electron chi connectivity index (χ3n) is 3.24. The first-order valence-corrected chi connectivity index (χ1v) is 7.54. The maximum Gasteiger partial charge on any atom is 0.416 e. The molecule has 0 unspecified atom stereocenters. The van der Waals surface area contributed by atoms with Crippen LogP contribution in [0.25, 0.3) is 0 Å². The number of ether oxygens (including phenoxy) is 1. The van der Waals surface area contributed by atoms with E-state index < -0.39 is 29.7 Å². The second-order valence-electron chi connectivity index (χ2n) is 5.14. The third-order valence-corrected chi connectivity index (χ3v) is 3.57. The van der Waals surface area contributed by atoms with Crippen LogP contribution in [0.15, 0.2) is 42.6 Å². The Balaban J connectivity index is 2.10. The SMILES string of the molecule is C[C@H](OC(=O)c1cccc[n+]1[O-])C(=O)Nc1cc(C(F)(F)F)ccc1Cl. The van der Waals surface area contributed by atoms with Crippen LogP contribution >= 0.6 is 11.6 Å². The van der Waals surface area contributed by atoms with Gasteiger partial charge in [0.25, 0.3) is 5.91 Å². The van der Waals surface area contributed by atoms with Gasteiger partial charge in [0.1, 0.15) is 0 Å². The molecule has 1 heterocycles. The molecule has 2 rings (SSSR count). The fourth-order valence-electron chi connectivity index (χ4n) is 1.89. The molecule has 6 nitrogen and oxygen atoms in total. The summed E-state index contributed by atoms with van der Waals surface area (Å²) in [7, 11) is 0. The number of hydrogen-bond acceptors (Lipinski definition) is 4. The first kappa shape index (κ1) is 19.5. The fraction of sp³-hybridized carbons (Fsp3) is 0.188. The van der Waals surface area contributed by atoms with Crippen LogP contribution in [0.3, 0.4) is 0 Å². The van der Waals surface area contributed by atoms with Crippen LogP contribution in [0.4, 0.5) is 18.9 Å². The molecule has 0 aliphatic rings. The van der Waals surface area contributed by atoms with Gasteiger partial charge in [0.05, 0.1) is 16.3 Å². The summed E-state index contributed by atoms with van der Waals surface area (Å²) in [6.07, 6.45) is -4.92. The van der Waals surface area contributed by atoms with Crippen molar-refractivity contribution < 1.29 is 32.2 Å². The fourth-order valence-corrected chi connectivity index (χ4v) is 2.06. The van der Waals surface area contributed by atoms with Gasteiger partial charge in [-0.25, -0.2) is 4.79 Å². The molecule has 0 aliphatic heterocycles. The number of rotatable bonds is 4. The first-order valence-electron chi connectivity index (χ1n) is 7.16. The number of amides is 1. The molecule has 1 aromatic heterocycles. The lowest BCUT2D eigenvalue weighted by atomic mass is 10.2. The van der Waals surface area contributed by atoms with Crippen molar-refractivity contribution in [2.45, 2.75) is 19.2 Å². The number of hydrogen-bond donors (Lipinski definition) is 1. The van der Waals surface area contributed by atoms with Crippen molar-refractivity contribution >= 4 is 29.2 Å². The molecule has 26 heavy (non-hydrogen) atoms. The molecule has 2 aromatic rings. The van der Waals surface area contributed by atoms with Gasteiger partial charge in [0.2, 0.25) is 0 Å². The lowest BCUT2D eigenvalue weighted by Crippen LogP contribution is -2.37. The highest BCUT2D eigenvalue weighted by atomic mass is 35.5. The van der Waals surface area contributed by atoms with E-state index in [0.717, 1.165) is 18.3 Å². The Labute approximate surface area is 150 Å². The minimum atomic E-state index is -4.61. The van der Waals surface area contributed by atoms with Gasteiger partial charge < -0.3 is 15.3 Å². The number of nitrogens with one attached hydrogen (secondary N) is 1. The first-order chi connectivity index (χ1) is 12.1. The van der Waals surface area contributed by atoms with Crippen LogP contribution in [0.2, 0.25) is 5.02 Å². The highest BCUT2D eigenvalue weighted by Gasteiger charge is 2.31. The second kappa shape index (κ2) is 7.61. The molecule has 10 heteroatoms. The number of benzene rings is 1. The number of carbonyl (C=O) groups is 2. The Morgan fingerprint density at radius 1 is 1.27 bits per heavy atom. The highest BCUT2D eigenvalue weighted by molar-refractivity contribution is 6.33. The summed E-state index contributed by atoms with van der Waals surface area (Å²) in [6, 6.07) is 6.44. The zero-order valence-electron chi connectivity index (χ0n) is 13.2. The Morgan fingerprint density at radius 2 is 1.96 bits per heavy atom. The van der Waals surface area contributed by atoms with Crippen LogP contribution < -0.4 is 10.0 Å². The van der Waals surface area contributed by atoms with E-state index in [1.807, 2.05) is 0 Å². The standard InChI is InChI=1S/C16H12ClF3N2O4/c1-9(26-15(24)13-4-2-3-7-22(13)25)14(23)21-12-8-10(16(18,19)20)5-6-11(12)17/h2-9H,1H3,(H,21,23)/t9-/m0/s1. The molecule has 1 amide bonds. The Morgan fingerprint density at radius 3 is 2.58 bits per heavy atom. The lowest BCUT2D eigenvalue weighted by Gasteiger charge is -2.15. The molecule has 0 radical (unpaired) electrons. The van der Waals surface area contributed by atoms with Gasteiger partial charge in [-0.15, -0.1) is 0 Å². The van der Waals surface area contributed by atoms with Crippen molar-refractivity contribution in [3.05, 3.63) is 64.1 Å². The van der Waals surface area contributed by atoms with Crippen LogP contribution in [0.5, 0.6) is 0 Å². The molecule has 0 fully saturated rings. The van der Waals surface area contributed by atoms with E-state index in [4.69, 9.17) is 16.3 Å². The van der Waals surface area contributed by atoms with Crippen LogP contribution in [0, 0.1) is 5.21 Å². The number of esters is 1. The zero-order chi connectivity index (χ0) is 19.5. The quantitative estimate of drug-likeness (QED) is 0.495. The Hall–Kier alpha value is -2.81. The lowest BCUT2D eigenvalue weighted by molar-refractivity contribution is -0.608. The van der Waals surface area contributed by atoms with E-state index in [9.17, 15) is 28.0 Å². The Bertz CT molecular complexity index is 842. The van der Waals surface area contributed by atoms with Gasteiger partial charge in [0, 0.05) is 12.1 Å². The van der Waals surface area contributed by atoms with E-state index in [1.54, 1.807) is 0 Å². The summed E-state index contributed by atoms with van der Waals surface area (Å²) in [5.74, 6) is -1.97. The monoisotopic (exact) mass is 388 g/mol. The predicted octanol–water partition coefficient (Wildman–Crippen LogP) is 3.18. The number of alkyl halides is 3. The van der Waals surface area contributed by atoms with Crippen molar-refractivity contribution in [2.24, 2.45) is 0 Å². The molecule has 0 aliphatic carbocycles. The molecule has 0 bridgehead atoms. The number of halogens is 4. The molecule has 1 atom stereocenters. The van der Waals surface area contributed by atoms with E-state index >= 15 is 0 Å². The Kier molecular flexibility index (Phi) is 5.71. The molecular weight excluding hydrogens is 377 g/mol. The van der Waals surface area contributed by atoms with Crippen molar-refractivity contribution in [1.29, 1.82) is 0 Å². The predicted molar refractivity (Wildman–Crippen MR) is 85.4 cm³/mol. The third kappa shape index (κ3) is 4.63. The zero-order valence-corrected chi connectivity index (χ0v) is 14.0. The topological polar surface area (TPSA) is 82.3 Å². The van der Waals surface area contributed by atoms with Crippen LogP contribution in [-0.4, -0.2) is 18.0 Å². The normalized spacial score (nSPS) is 12.3. The van der Waals surface area contributed by atoms with Gasteiger partial charge in [0.15, 0.2) is 12.3 Å². The summed E-state index contributed by atoms with van der Waals surface area (Å²) in [5, 5.41) is 13.5. The number of anilines is 1. The van der Waals surface area contributed by atoms with Crippen molar-refractivity contribution in [2.75, 3.05) is 5.32 Å². The van der Waals surface area contributed by atoms with Gasteiger partial charge >= 0.3 is 17.8 Å². The highest BCUT2D eigenvalue weighted by Crippen LogP contribution is 2.33. The molecule has 1 aromatic carbocycles. The summed E-state index contributed by atoms with van der Waals surface area (Å²) < 4.78 is 43.3. The van der Waals surface area contributed by atoms with Gasteiger partial charge in [-0.1, -0.05) is 11.6 Å². The molecule has 1 N–H and O–H groups in total. The van der Waals surface area contributed by atoms with Crippen molar-refractivity contribution in [1.82, 2.24) is 0 Å². The minimum Gasteiger partial charge on any atom is -0.618 e. The summed E-state index contributed by atoms with van der Waals surface area (Å²) in [6.45, 7) is 1.20. The van der Waals surface area contributed by atoms with Crippen molar-refractivity contribution in [3.63, 3.8) is 0 Å². The maximum absolute atomic E-state index is 12.7. The molecular formula is C16H12ClF3N2O4. The van der Waals surface area contributed by atoms with E-state index in [0.29, 0.717) is 6.07 Å². The number of pyridine rings is 1. The maximum atomic E-state index is 12.7. The minimum absolute atomic E-state index is 0.120. The molecule has 0 spiro atoms. The van der Waals surface area contributed by atoms with Gasteiger partial charge in [-0.2, -0.15) is 17.9 Å².